The van der Waals surface area contributed by atoms with Gasteiger partial charge in [-0.05, 0) is 29.7 Å². The molecule has 0 saturated heterocycles. The van der Waals surface area contributed by atoms with Crippen molar-refractivity contribution in [2.24, 2.45) is 0 Å². The molecule has 0 atom stereocenters. The van der Waals surface area contributed by atoms with Gasteiger partial charge in [0.05, 0.1) is 0 Å². The largest absolute Gasteiger partial charge is 0.478 e. The quantitative estimate of drug-likeness (QED) is 0.893. The van der Waals surface area contributed by atoms with E-state index in [1.807, 2.05) is 17.0 Å². The summed E-state index contributed by atoms with van der Waals surface area (Å²) in [6.07, 6.45) is 2.56. The minimum atomic E-state index is -0.929. The summed E-state index contributed by atoms with van der Waals surface area (Å²) in [4.78, 5) is 17.5. The van der Waals surface area contributed by atoms with Crippen LogP contribution >= 0.6 is 0 Å². The van der Waals surface area contributed by atoms with Crippen LogP contribution in [0.3, 0.4) is 0 Å². The number of carboxylic acid groups (broad SMARTS) is 1. The molecule has 4 heteroatoms. The molecule has 1 aromatic carbocycles. The monoisotopic (exact) mass is 254 g/mol. The van der Waals surface area contributed by atoms with Gasteiger partial charge in [0.25, 0.3) is 0 Å². The first-order valence-electron chi connectivity index (χ1n) is 6.26. The van der Waals surface area contributed by atoms with Crippen molar-refractivity contribution >= 4 is 11.8 Å². The highest BCUT2D eigenvalue weighted by Gasteiger charge is 2.21. The van der Waals surface area contributed by atoms with Crippen molar-refractivity contribution in [3.8, 4) is 0 Å². The molecule has 0 bridgehead atoms. The Bertz CT molecular complexity index is 625. The van der Waals surface area contributed by atoms with Crippen LogP contribution in [-0.2, 0) is 13.0 Å². The van der Waals surface area contributed by atoms with Gasteiger partial charge in [-0.25, -0.2) is 9.78 Å². The fourth-order valence-corrected chi connectivity index (χ4v) is 2.49. The SMILES string of the molecule is O=C(O)c1cccnc1N1CCc2ccccc2C1. The molecule has 2 heterocycles. The minimum Gasteiger partial charge on any atom is -0.478 e. The Kier molecular flexibility index (Phi) is 2.91. The molecule has 19 heavy (non-hydrogen) atoms. The molecule has 4 nitrogen and oxygen atoms in total. The summed E-state index contributed by atoms with van der Waals surface area (Å²) in [6, 6.07) is 11.5. The topological polar surface area (TPSA) is 53.4 Å². The van der Waals surface area contributed by atoms with Crippen molar-refractivity contribution < 1.29 is 9.90 Å². The van der Waals surface area contributed by atoms with E-state index in [-0.39, 0.29) is 5.56 Å². The minimum absolute atomic E-state index is 0.266. The number of pyridine rings is 1. The first kappa shape index (κ1) is 11.7. The number of carbonyl (C=O) groups is 1. The van der Waals surface area contributed by atoms with Crippen LogP contribution in [0.2, 0.25) is 0 Å². The third-order valence-electron chi connectivity index (χ3n) is 3.45. The predicted molar refractivity (Wildman–Crippen MR) is 72.4 cm³/mol. The summed E-state index contributed by atoms with van der Waals surface area (Å²) in [6.45, 7) is 1.52. The standard InChI is InChI=1S/C15H14N2O2/c18-15(19)13-6-3-8-16-14(13)17-9-7-11-4-1-2-5-12(11)10-17/h1-6,8H,7,9-10H2,(H,18,19). The van der Waals surface area contributed by atoms with Gasteiger partial charge in [0, 0.05) is 19.3 Å². The number of anilines is 1. The van der Waals surface area contributed by atoms with Gasteiger partial charge in [0.2, 0.25) is 0 Å². The fraction of sp³-hybridized carbons (Fsp3) is 0.200. The fourth-order valence-electron chi connectivity index (χ4n) is 2.49. The zero-order valence-electron chi connectivity index (χ0n) is 10.4. The second-order valence-corrected chi connectivity index (χ2v) is 4.62. The van der Waals surface area contributed by atoms with E-state index in [0.29, 0.717) is 12.4 Å². The summed E-state index contributed by atoms with van der Waals surface area (Å²) >= 11 is 0. The van der Waals surface area contributed by atoms with Crippen molar-refractivity contribution in [2.45, 2.75) is 13.0 Å². The number of fused-ring (bicyclic) bond motifs is 1. The normalized spacial score (nSPS) is 14.0. The molecule has 0 amide bonds. The highest BCUT2D eigenvalue weighted by molar-refractivity contribution is 5.93. The summed E-state index contributed by atoms with van der Waals surface area (Å²) in [7, 11) is 0. The third-order valence-corrected chi connectivity index (χ3v) is 3.45. The summed E-state index contributed by atoms with van der Waals surface area (Å²) < 4.78 is 0. The molecule has 0 aliphatic carbocycles. The van der Waals surface area contributed by atoms with E-state index < -0.39 is 5.97 Å². The molecule has 1 aliphatic rings. The number of aromatic nitrogens is 1. The number of carboxylic acids is 1. The van der Waals surface area contributed by atoms with E-state index >= 15 is 0 Å². The van der Waals surface area contributed by atoms with Gasteiger partial charge in [-0.3, -0.25) is 0 Å². The van der Waals surface area contributed by atoms with Crippen LogP contribution in [0.15, 0.2) is 42.6 Å². The Balaban J connectivity index is 1.95. The van der Waals surface area contributed by atoms with Crippen molar-refractivity contribution in [3.63, 3.8) is 0 Å². The maximum Gasteiger partial charge on any atom is 0.339 e. The van der Waals surface area contributed by atoms with Gasteiger partial charge in [0.1, 0.15) is 11.4 Å². The molecular weight excluding hydrogens is 240 g/mol. The van der Waals surface area contributed by atoms with Gasteiger partial charge < -0.3 is 10.0 Å². The molecule has 1 aliphatic heterocycles. The Morgan fingerprint density at radius 1 is 1.16 bits per heavy atom. The molecule has 1 N–H and O–H groups in total. The van der Waals surface area contributed by atoms with Crippen LogP contribution in [0.4, 0.5) is 5.82 Å². The average Bonchev–Trinajstić information content (AvgIpc) is 2.46. The molecule has 0 unspecified atom stereocenters. The molecule has 0 saturated carbocycles. The van der Waals surface area contributed by atoms with E-state index in [1.54, 1.807) is 18.3 Å². The third kappa shape index (κ3) is 2.17. The van der Waals surface area contributed by atoms with Crippen molar-refractivity contribution in [1.29, 1.82) is 0 Å². The van der Waals surface area contributed by atoms with Crippen LogP contribution < -0.4 is 4.90 Å². The van der Waals surface area contributed by atoms with Crippen LogP contribution in [-0.4, -0.2) is 22.6 Å². The maximum atomic E-state index is 11.2. The molecule has 2 aromatic rings. The lowest BCUT2D eigenvalue weighted by Crippen LogP contribution is -2.32. The van der Waals surface area contributed by atoms with Crippen LogP contribution in [0.25, 0.3) is 0 Å². The van der Waals surface area contributed by atoms with E-state index in [9.17, 15) is 9.90 Å². The first-order valence-corrected chi connectivity index (χ1v) is 6.26. The lowest BCUT2D eigenvalue weighted by atomic mass is 9.99. The molecule has 1 aromatic heterocycles. The lowest BCUT2D eigenvalue weighted by molar-refractivity contribution is 0.0697. The smallest absolute Gasteiger partial charge is 0.339 e. The molecule has 0 spiro atoms. The highest BCUT2D eigenvalue weighted by Crippen LogP contribution is 2.25. The van der Waals surface area contributed by atoms with E-state index in [1.165, 1.54) is 11.1 Å². The Morgan fingerprint density at radius 2 is 1.95 bits per heavy atom. The molecule has 96 valence electrons. The molecule has 3 rings (SSSR count). The predicted octanol–water partition coefficient (Wildman–Crippen LogP) is 2.34. The van der Waals surface area contributed by atoms with Gasteiger partial charge in [-0.2, -0.15) is 0 Å². The second-order valence-electron chi connectivity index (χ2n) is 4.62. The molecule has 0 fully saturated rings. The number of nitrogens with zero attached hydrogens (tertiary/aromatic N) is 2. The van der Waals surface area contributed by atoms with E-state index in [2.05, 4.69) is 17.1 Å². The number of hydrogen-bond donors (Lipinski definition) is 1. The Morgan fingerprint density at radius 3 is 2.74 bits per heavy atom. The van der Waals surface area contributed by atoms with E-state index in [4.69, 9.17) is 0 Å². The summed E-state index contributed by atoms with van der Waals surface area (Å²) in [5.41, 5.74) is 2.85. The zero-order valence-corrected chi connectivity index (χ0v) is 10.4. The second kappa shape index (κ2) is 4.72. The van der Waals surface area contributed by atoms with Crippen molar-refractivity contribution in [2.75, 3.05) is 11.4 Å². The van der Waals surface area contributed by atoms with Crippen LogP contribution in [0.5, 0.6) is 0 Å². The molecular formula is C15H14N2O2. The highest BCUT2D eigenvalue weighted by atomic mass is 16.4. The van der Waals surface area contributed by atoms with Crippen molar-refractivity contribution in [3.05, 3.63) is 59.3 Å². The lowest BCUT2D eigenvalue weighted by Gasteiger charge is -2.30. The van der Waals surface area contributed by atoms with Crippen LogP contribution in [0, 0.1) is 0 Å². The first-order chi connectivity index (χ1) is 9.25. The summed E-state index contributed by atoms with van der Waals surface area (Å²) in [5, 5.41) is 9.22. The number of aromatic carboxylic acids is 1. The van der Waals surface area contributed by atoms with Gasteiger partial charge in [-0.15, -0.1) is 0 Å². The molecule has 0 radical (unpaired) electrons. The van der Waals surface area contributed by atoms with Gasteiger partial charge in [0.15, 0.2) is 0 Å². The maximum absolute atomic E-state index is 11.2. The Labute approximate surface area is 111 Å². The van der Waals surface area contributed by atoms with Crippen molar-refractivity contribution in [1.82, 2.24) is 4.98 Å². The Hall–Kier alpha value is -2.36. The zero-order chi connectivity index (χ0) is 13.2. The number of benzene rings is 1. The number of hydrogen-bond acceptors (Lipinski definition) is 3. The van der Waals surface area contributed by atoms with Crippen LogP contribution in [0.1, 0.15) is 21.5 Å². The van der Waals surface area contributed by atoms with Gasteiger partial charge >= 0.3 is 5.97 Å². The summed E-state index contributed by atoms with van der Waals surface area (Å²) in [5.74, 6) is -0.369. The average molecular weight is 254 g/mol. The van der Waals surface area contributed by atoms with E-state index in [0.717, 1.165) is 13.0 Å². The number of rotatable bonds is 2. The van der Waals surface area contributed by atoms with Gasteiger partial charge in [-0.1, -0.05) is 24.3 Å².